The quantitative estimate of drug-likeness (QED) is 0.916. The Labute approximate surface area is 105 Å². The first-order chi connectivity index (χ1) is 7.66. The molecule has 1 atom stereocenters. The molecule has 1 unspecified atom stereocenters. The van der Waals surface area contributed by atoms with Crippen molar-refractivity contribution >= 4 is 15.9 Å². The van der Waals surface area contributed by atoms with Gasteiger partial charge in [-0.15, -0.1) is 0 Å². The molecule has 0 aliphatic heterocycles. The zero-order valence-electron chi connectivity index (χ0n) is 9.58. The molecule has 0 heterocycles. The fraction of sp³-hybridized carbons (Fsp3) is 0.538. The van der Waals surface area contributed by atoms with Crippen LogP contribution >= 0.6 is 15.9 Å². The Hall–Kier alpha value is -0.540. The molecule has 1 aromatic rings. The van der Waals surface area contributed by atoms with Gasteiger partial charge in [0.2, 0.25) is 0 Å². The van der Waals surface area contributed by atoms with Gasteiger partial charge in [-0.25, -0.2) is 0 Å². The first kappa shape index (κ1) is 11.9. The van der Waals surface area contributed by atoms with Gasteiger partial charge in [-0.05, 0) is 44.7 Å². The van der Waals surface area contributed by atoms with Crippen LogP contribution in [0, 0.1) is 0 Å². The van der Waals surface area contributed by atoms with Crippen molar-refractivity contribution in [2.75, 3.05) is 0 Å². The minimum atomic E-state index is 0.0181. The largest absolute Gasteiger partial charge is 0.490 e. The van der Waals surface area contributed by atoms with E-state index in [0.717, 1.165) is 15.8 Å². The standard InChI is InChI=1S/C13H18BrNO/c1-9(15)12-7-6-10(14)8-13(12)16-11-4-2-3-5-11/h6-9,11H,2-5,15H2,1H3. The van der Waals surface area contributed by atoms with E-state index in [-0.39, 0.29) is 6.04 Å². The van der Waals surface area contributed by atoms with Gasteiger partial charge in [0.15, 0.2) is 0 Å². The normalized spacial score (nSPS) is 18.7. The van der Waals surface area contributed by atoms with Crippen molar-refractivity contribution in [2.24, 2.45) is 5.73 Å². The summed E-state index contributed by atoms with van der Waals surface area (Å²) in [4.78, 5) is 0. The molecule has 2 rings (SSSR count). The van der Waals surface area contributed by atoms with Crippen molar-refractivity contribution in [1.82, 2.24) is 0 Å². The minimum absolute atomic E-state index is 0.0181. The third-order valence-corrected chi connectivity index (χ3v) is 3.56. The second-order valence-corrected chi connectivity index (χ2v) is 5.41. The molecule has 1 fully saturated rings. The maximum atomic E-state index is 6.04. The van der Waals surface area contributed by atoms with Gasteiger partial charge < -0.3 is 10.5 Å². The Kier molecular flexibility index (Phi) is 3.87. The van der Waals surface area contributed by atoms with E-state index in [4.69, 9.17) is 10.5 Å². The Morgan fingerprint density at radius 1 is 1.38 bits per heavy atom. The monoisotopic (exact) mass is 283 g/mol. The van der Waals surface area contributed by atoms with Crippen LogP contribution in [0.2, 0.25) is 0 Å². The average molecular weight is 284 g/mol. The summed E-state index contributed by atoms with van der Waals surface area (Å²) >= 11 is 3.47. The number of nitrogens with two attached hydrogens (primary N) is 1. The van der Waals surface area contributed by atoms with E-state index in [2.05, 4.69) is 15.9 Å². The molecule has 3 heteroatoms. The van der Waals surface area contributed by atoms with Crippen LogP contribution in [0.25, 0.3) is 0 Å². The summed E-state index contributed by atoms with van der Waals surface area (Å²) in [7, 11) is 0. The Balaban J connectivity index is 2.19. The van der Waals surface area contributed by atoms with Crippen LogP contribution in [-0.2, 0) is 0 Å². The number of rotatable bonds is 3. The van der Waals surface area contributed by atoms with Gasteiger partial charge >= 0.3 is 0 Å². The molecular formula is C13H18BrNO. The Bertz CT molecular complexity index is 359. The van der Waals surface area contributed by atoms with Crippen molar-refractivity contribution in [3.63, 3.8) is 0 Å². The van der Waals surface area contributed by atoms with Crippen LogP contribution in [0.3, 0.4) is 0 Å². The topological polar surface area (TPSA) is 35.2 Å². The van der Waals surface area contributed by atoms with Gasteiger partial charge in [-0.2, -0.15) is 0 Å². The predicted molar refractivity (Wildman–Crippen MR) is 69.6 cm³/mol. The van der Waals surface area contributed by atoms with E-state index in [9.17, 15) is 0 Å². The molecule has 1 aliphatic rings. The van der Waals surface area contributed by atoms with Crippen LogP contribution in [0.5, 0.6) is 5.75 Å². The Morgan fingerprint density at radius 2 is 2.06 bits per heavy atom. The average Bonchev–Trinajstić information content (AvgIpc) is 2.70. The second-order valence-electron chi connectivity index (χ2n) is 4.50. The summed E-state index contributed by atoms with van der Waals surface area (Å²) in [6.45, 7) is 1.99. The molecule has 1 saturated carbocycles. The van der Waals surface area contributed by atoms with Crippen molar-refractivity contribution in [3.8, 4) is 5.75 Å². The smallest absolute Gasteiger partial charge is 0.125 e. The maximum absolute atomic E-state index is 6.04. The molecule has 0 aromatic heterocycles. The van der Waals surface area contributed by atoms with Gasteiger partial charge in [-0.3, -0.25) is 0 Å². The van der Waals surface area contributed by atoms with E-state index < -0.39 is 0 Å². The van der Waals surface area contributed by atoms with Crippen molar-refractivity contribution in [2.45, 2.75) is 44.8 Å². The zero-order valence-corrected chi connectivity index (χ0v) is 11.2. The maximum Gasteiger partial charge on any atom is 0.125 e. The van der Waals surface area contributed by atoms with Crippen LogP contribution in [0.15, 0.2) is 22.7 Å². The first-order valence-electron chi connectivity index (χ1n) is 5.88. The van der Waals surface area contributed by atoms with Gasteiger partial charge in [-0.1, -0.05) is 22.0 Å². The van der Waals surface area contributed by atoms with Crippen molar-refractivity contribution in [1.29, 1.82) is 0 Å². The lowest BCUT2D eigenvalue weighted by molar-refractivity contribution is 0.207. The molecule has 1 aromatic carbocycles. The summed E-state index contributed by atoms with van der Waals surface area (Å²) < 4.78 is 7.08. The van der Waals surface area contributed by atoms with Crippen LogP contribution in [0.1, 0.15) is 44.2 Å². The van der Waals surface area contributed by atoms with E-state index in [1.807, 2.05) is 25.1 Å². The van der Waals surface area contributed by atoms with E-state index in [0.29, 0.717) is 6.10 Å². The number of hydrogen-bond acceptors (Lipinski definition) is 2. The van der Waals surface area contributed by atoms with Gasteiger partial charge in [0.05, 0.1) is 6.10 Å². The predicted octanol–water partition coefficient (Wildman–Crippen LogP) is 3.79. The summed E-state index contributed by atoms with van der Waals surface area (Å²) in [5.41, 5.74) is 7.04. The highest BCUT2D eigenvalue weighted by Crippen LogP contribution is 2.31. The lowest BCUT2D eigenvalue weighted by atomic mass is 10.1. The van der Waals surface area contributed by atoms with Crippen LogP contribution in [0.4, 0.5) is 0 Å². The van der Waals surface area contributed by atoms with Gasteiger partial charge in [0, 0.05) is 16.1 Å². The van der Waals surface area contributed by atoms with Gasteiger partial charge in [0.25, 0.3) is 0 Å². The second kappa shape index (κ2) is 5.19. The molecule has 16 heavy (non-hydrogen) atoms. The number of halogens is 1. The summed E-state index contributed by atoms with van der Waals surface area (Å²) in [6, 6.07) is 6.10. The molecule has 0 spiro atoms. The fourth-order valence-electron chi connectivity index (χ4n) is 2.17. The van der Waals surface area contributed by atoms with E-state index in [1.165, 1.54) is 25.7 Å². The number of ether oxygens (including phenoxy) is 1. The lowest BCUT2D eigenvalue weighted by Crippen LogP contribution is -2.14. The SMILES string of the molecule is CC(N)c1ccc(Br)cc1OC1CCCC1. The molecule has 0 amide bonds. The van der Waals surface area contributed by atoms with Crippen LogP contribution in [-0.4, -0.2) is 6.10 Å². The highest BCUT2D eigenvalue weighted by atomic mass is 79.9. The summed E-state index contributed by atoms with van der Waals surface area (Å²) in [5.74, 6) is 0.941. The Morgan fingerprint density at radius 3 is 2.69 bits per heavy atom. The third-order valence-electron chi connectivity index (χ3n) is 3.06. The first-order valence-corrected chi connectivity index (χ1v) is 6.68. The molecule has 1 aliphatic carbocycles. The molecule has 0 saturated heterocycles. The number of hydrogen-bond donors (Lipinski definition) is 1. The lowest BCUT2D eigenvalue weighted by Gasteiger charge is -2.18. The highest BCUT2D eigenvalue weighted by molar-refractivity contribution is 9.10. The zero-order chi connectivity index (χ0) is 11.5. The molecular weight excluding hydrogens is 266 g/mol. The molecule has 88 valence electrons. The van der Waals surface area contributed by atoms with Crippen LogP contribution < -0.4 is 10.5 Å². The van der Waals surface area contributed by atoms with E-state index >= 15 is 0 Å². The summed E-state index contributed by atoms with van der Waals surface area (Å²) in [5, 5.41) is 0. The minimum Gasteiger partial charge on any atom is -0.490 e. The van der Waals surface area contributed by atoms with Gasteiger partial charge in [0.1, 0.15) is 5.75 Å². The third kappa shape index (κ3) is 2.77. The van der Waals surface area contributed by atoms with Crippen molar-refractivity contribution < 1.29 is 4.74 Å². The number of benzene rings is 1. The molecule has 2 N–H and O–H groups in total. The summed E-state index contributed by atoms with van der Waals surface area (Å²) in [6.07, 6.45) is 5.29. The molecule has 0 radical (unpaired) electrons. The molecule has 0 bridgehead atoms. The molecule has 2 nitrogen and oxygen atoms in total. The highest BCUT2D eigenvalue weighted by Gasteiger charge is 2.18. The fourth-order valence-corrected chi connectivity index (χ4v) is 2.51. The van der Waals surface area contributed by atoms with Crippen molar-refractivity contribution in [3.05, 3.63) is 28.2 Å². The van der Waals surface area contributed by atoms with E-state index in [1.54, 1.807) is 0 Å².